The number of likely N-dealkylation sites (N-methyl/N-ethyl adjacent to an activating group) is 1. The number of ether oxygens (including phenoxy) is 2. The van der Waals surface area contributed by atoms with Crippen LogP contribution in [0.1, 0.15) is 13.3 Å². The van der Waals surface area contributed by atoms with Gasteiger partial charge in [-0.2, -0.15) is 0 Å². The molecule has 0 unspecified atom stereocenters. The molecule has 1 aliphatic rings. The number of hydrogen-bond donors (Lipinski definition) is 3. The summed E-state index contributed by atoms with van der Waals surface area (Å²) in [5, 5.41) is 15.6. The first-order valence-electron chi connectivity index (χ1n) is 11.1. The second-order valence-electron chi connectivity index (χ2n) is 8.49. The topological polar surface area (TPSA) is 109 Å². The molecule has 1 aromatic heterocycles. The number of halogens is 2. The first-order valence-corrected chi connectivity index (χ1v) is 11.5. The lowest BCUT2D eigenvalue weighted by atomic mass is 10.1. The molecular weight excluding hydrogens is 477 g/mol. The minimum atomic E-state index is -0.584. The van der Waals surface area contributed by atoms with Crippen LogP contribution in [0.2, 0.25) is 5.02 Å². The van der Waals surface area contributed by atoms with Crippen molar-refractivity contribution < 1.29 is 23.8 Å². The van der Waals surface area contributed by atoms with Crippen molar-refractivity contribution in [3.8, 4) is 11.5 Å². The highest BCUT2D eigenvalue weighted by molar-refractivity contribution is 6.31. The summed E-state index contributed by atoms with van der Waals surface area (Å²) in [6, 6.07) is 7.41. The fourth-order valence-corrected chi connectivity index (χ4v) is 4.23. The number of carbonyl (C=O) groups excluding carboxylic acids is 1. The summed E-state index contributed by atoms with van der Waals surface area (Å²) in [6.07, 6.45) is 1.56. The van der Waals surface area contributed by atoms with E-state index in [0.717, 1.165) is 0 Å². The summed E-state index contributed by atoms with van der Waals surface area (Å²) in [7, 11) is 3.38. The highest BCUT2D eigenvalue weighted by Gasteiger charge is 2.36. The molecule has 0 aliphatic carbocycles. The number of fused-ring (bicyclic) bond motifs is 1. The van der Waals surface area contributed by atoms with Gasteiger partial charge >= 0.3 is 0 Å². The summed E-state index contributed by atoms with van der Waals surface area (Å²) in [5.74, 6) is 0.560. The highest BCUT2D eigenvalue weighted by Crippen LogP contribution is 2.37. The van der Waals surface area contributed by atoms with E-state index in [4.69, 9.17) is 21.1 Å². The molecule has 11 heteroatoms. The molecular formula is C24H27ClFN5O4. The number of anilines is 2. The average Bonchev–Trinajstić information content (AvgIpc) is 3.21. The molecule has 9 nitrogen and oxygen atoms in total. The van der Waals surface area contributed by atoms with E-state index in [1.165, 1.54) is 19.5 Å². The number of likely N-dealkylation sites (tertiary alicyclic amines) is 1. The van der Waals surface area contributed by atoms with E-state index >= 15 is 0 Å². The zero-order valence-corrected chi connectivity index (χ0v) is 20.3. The van der Waals surface area contributed by atoms with Gasteiger partial charge in [-0.15, -0.1) is 0 Å². The van der Waals surface area contributed by atoms with E-state index in [9.17, 15) is 14.3 Å². The molecule has 3 aromatic rings. The molecule has 4 rings (SSSR count). The van der Waals surface area contributed by atoms with Crippen LogP contribution in [-0.4, -0.2) is 71.4 Å². The van der Waals surface area contributed by atoms with Gasteiger partial charge < -0.3 is 25.2 Å². The van der Waals surface area contributed by atoms with Gasteiger partial charge in [0, 0.05) is 30.5 Å². The summed E-state index contributed by atoms with van der Waals surface area (Å²) in [4.78, 5) is 23.1. The molecule has 2 aromatic carbocycles. The van der Waals surface area contributed by atoms with Crippen LogP contribution in [0, 0.1) is 5.82 Å². The third-order valence-corrected chi connectivity index (χ3v) is 6.19. The van der Waals surface area contributed by atoms with Crippen molar-refractivity contribution in [2.24, 2.45) is 0 Å². The summed E-state index contributed by atoms with van der Waals surface area (Å²) < 4.78 is 26.2. The number of hydrogen-bond acceptors (Lipinski definition) is 8. The van der Waals surface area contributed by atoms with Gasteiger partial charge in [-0.1, -0.05) is 17.7 Å². The Morgan fingerprint density at radius 3 is 2.89 bits per heavy atom. The largest absolute Gasteiger partial charge is 0.493 e. The molecule has 0 bridgehead atoms. The molecule has 1 saturated heterocycles. The Morgan fingerprint density at radius 1 is 1.34 bits per heavy atom. The second-order valence-corrected chi connectivity index (χ2v) is 8.90. The van der Waals surface area contributed by atoms with E-state index in [1.54, 1.807) is 31.2 Å². The number of nitrogens with zero attached hydrogens (tertiary/aromatic N) is 3. The van der Waals surface area contributed by atoms with Gasteiger partial charge in [0.2, 0.25) is 5.91 Å². The Bertz CT molecular complexity index is 1230. The standard InChI is InChI=1S/C24H27ClFN5O4/c1-13(11-32)29-24(33)19-7-14(10-31(19)2)35-21-8-15-18(9-20(21)34-3)27-12-28-23(15)30-17-6-4-5-16(25)22(17)26/h4-6,8-9,12-14,19,32H,7,10-11H2,1-3H3,(H,29,33)(H,27,28,30)/t13-,14-,19+/m0/s1. The zero-order valence-electron chi connectivity index (χ0n) is 19.6. The van der Waals surface area contributed by atoms with Gasteiger partial charge in [0.25, 0.3) is 0 Å². The number of aromatic nitrogens is 2. The van der Waals surface area contributed by atoms with Crippen molar-refractivity contribution in [2.75, 3.05) is 32.6 Å². The van der Waals surface area contributed by atoms with Crippen molar-refractivity contribution in [1.29, 1.82) is 0 Å². The predicted molar refractivity (Wildman–Crippen MR) is 131 cm³/mol. The maximum atomic E-state index is 14.5. The second kappa shape index (κ2) is 10.6. The summed E-state index contributed by atoms with van der Waals surface area (Å²) in [5.41, 5.74) is 0.757. The Balaban J connectivity index is 1.60. The third-order valence-electron chi connectivity index (χ3n) is 5.89. The number of aliphatic hydroxyl groups excluding tert-OH is 1. The lowest BCUT2D eigenvalue weighted by Crippen LogP contribution is -2.45. The van der Waals surface area contributed by atoms with Crippen molar-refractivity contribution in [1.82, 2.24) is 20.2 Å². The normalized spacial score (nSPS) is 18.9. The van der Waals surface area contributed by atoms with Crippen LogP contribution in [0.5, 0.6) is 11.5 Å². The number of methoxy groups -OCH3 is 1. The van der Waals surface area contributed by atoms with Crippen molar-refractivity contribution in [3.05, 3.63) is 47.5 Å². The Kier molecular flexibility index (Phi) is 7.54. The van der Waals surface area contributed by atoms with E-state index in [-0.39, 0.29) is 41.4 Å². The Labute approximate surface area is 207 Å². The number of benzene rings is 2. The minimum Gasteiger partial charge on any atom is -0.493 e. The number of carbonyl (C=O) groups is 1. The van der Waals surface area contributed by atoms with E-state index in [1.807, 2.05) is 11.9 Å². The van der Waals surface area contributed by atoms with Crippen molar-refractivity contribution in [3.63, 3.8) is 0 Å². The molecule has 0 saturated carbocycles. The van der Waals surface area contributed by atoms with Crippen LogP contribution in [0.25, 0.3) is 10.9 Å². The molecule has 0 radical (unpaired) electrons. The molecule has 0 spiro atoms. The Morgan fingerprint density at radius 2 is 2.14 bits per heavy atom. The first kappa shape index (κ1) is 24.9. The predicted octanol–water partition coefficient (Wildman–Crippen LogP) is 3.12. The monoisotopic (exact) mass is 503 g/mol. The van der Waals surface area contributed by atoms with Gasteiger partial charge in [0.1, 0.15) is 18.2 Å². The van der Waals surface area contributed by atoms with Gasteiger partial charge in [0.15, 0.2) is 17.3 Å². The van der Waals surface area contributed by atoms with Crippen LogP contribution >= 0.6 is 11.6 Å². The maximum absolute atomic E-state index is 14.5. The van der Waals surface area contributed by atoms with E-state index < -0.39 is 5.82 Å². The van der Waals surface area contributed by atoms with Crippen LogP contribution in [0.3, 0.4) is 0 Å². The zero-order chi connectivity index (χ0) is 25.1. The van der Waals surface area contributed by atoms with Crippen LogP contribution < -0.4 is 20.1 Å². The fraction of sp³-hybridized carbons (Fsp3) is 0.375. The first-order chi connectivity index (χ1) is 16.8. The number of amides is 1. The smallest absolute Gasteiger partial charge is 0.237 e. The summed E-state index contributed by atoms with van der Waals surface area (Å²) >= 11 is 5.91. The molecule has 1 fully saturated rings. The quantitative estimate of drug-likeness (QED) is 0.430. The van der Waals surface area contributed by atoms with Crippen LogP contribution in [0.4, 0.5) is 15.9 Å². The number of aliphatic hydroxyl groups is 1. The average molecular weight is 504 g/mol. The van der Waals surface area contributed by atoms with Gasteiger partial charge in [-0.3, -0.25) is 9.69 Å². The molecule has 35 heavy (non-hydrogen) atoms. The lowest BCUT2D eigenvalue weighted by molar-refractivity contribution is -0.126. The molecule has 1 amide bonds. The molecule has 186 valence electrons. The van der Waals surface area contributed by atoms with Crippen LogP contribution in [0.15, 0.2) is 36.7 Å². The third kappa shape index (κ3) is 5.39. The molecule has 3 atom stereocenters. The number of nitrogens with one attached hydrogen (secondary N) is 2. The molecule has 1 aliphatic heterocycles. The van der Waals surface area contributed by atoms with Gasteiger partial charge in [-0.05, 0) is 32.2 Å². The van der Waals surface area contributed by atoms with Gasteiger partial charge in [0.05, 0.1) is 36.0 Å². The van der Waals surface area contributed by atoms with Crippen molar-refractivity contribution >= 4 is 39.9 Å². The lowest BCUT2D eigenvalue weighted by Gasteiger charge is -2.20. The van der Waals surface area contributed by atoms with Crippen LogP contribution in [-0.2, 0) is 4.79 Å². The SMILES string of the molecule is COc1cc2ncnc(Nc3cccc(Cl)c3F)c2cc1O[C@H]1C[C@H](C(=O)N[C@@H](C)CO)N(C)C1. The van der Waals surface area contributed by atoms with E-state index in [2.05, 4.69) is 20.6 Å². The molecule has 2 heterocycles. The van der Waals surface area contributed by atoms with Gasteiger partial charge in [-0.25, -0.2) is 14.4 Å². The van der Waals surface area contributed by atoms with Crippen molar-refractivity contribution in [2.45, 2.75) is 31.5 Å². The van der Waals surface area contributed by atoms with E-state index in [0.29, 0.717) is 41.2 Å². The Hall–Kier alpha value is -3.21. The summed E-state index contributed by atoms with van der Waals surface area (Å²) in [6.45, 7) is 2.13. The minimum absolute atomic E-state index is 0.00335. The fourth-order valence-electron chi connectivity index (χ4n) is 4.05. The highest BCUT2D eigenvalue weighted by atomic mass is 35.5. The maximum Gasteiger partial charge on any atom is 0.237 e. The number of rotatable bonds is 8. The molecule has 3 N–H and O–H groups in total.